The molecule has 2 heterocycles. The van der Waals surface area contributed by atoms with Gasteiger partial charge in [-0.3, -0.25) is 4.57 Å². The molecule has 0 atom stereocenters. The second kappa shape index (κ2) is 9.22. The third-order valence-electron chi connectivity index (χ3n) is 3.39. The molecular weight excluding hydrogens is 374 g/mol. The molecule has 0 saturated carbocycles. The number of thioether (sulfide) groups is 2. The molecule has 0 bridgehead atoms. The first-order valence-corrected chi connectivity index (χ1v) is 10.4. The highest BCUT2D eigenvalue weighted by Crippen LogP contribution is 2.27. The van der Waals surface area contributed by atoms with E-state index >= 15 is 0 Å². The lowest BCUT2D eigenvalue weighted by Crippen LogP contribution is -2.02. The van der Waals surface area contributed by atoms with Crippen LogP contribution in [0.2, 0.25) is 5.02 Å². The standard InChI is InChI=1S/C17H18ClN5S2/c1-2-3-11-24-17-22-21-15(12-25-16-19-9-4-10-20-16)23(17)14-7-5-13(18)6-8-14/h4-10H,2-3,11-12H2,1H3. The molecule has 0 radical (unpaired) electrons. The summed E-state index contributed by atoms with van der Waals surface area (Å²) >= 11 is 9.31. The van der Waals surface area contributed by atoms with Crippen molar-refractivity contribution in [3.05, 3.63) is 53.6 Å². The molecule has 3 aromatic rings. The first-order chi connectivity index (χ1) is 12.3. The van der Waals surface area contributed by atoms with Crippen LogP contribution >= 0.6 is 35.1 Å². The number of rotatable bonds is 8. The fraction of sp³-hybridized carbons (Fsp3) is 0.294. The molecule has 5 nitrogen and oxygen atoms in total. The second-order valence-electron chi connectivity index (χ2n) is 5.23. The van der Waals surface area contributed by atoms with Crippen molar-refractivity contribution >= 4 is 35.1 Å². The fourth-order valence-corrected chi connectivity index (χ4v) is 4.03. The Bertz CT molecular complexity index is 793. The summed E-state index contributed by atoms with van der Waals surface area (Å²) in [6.07, 6.45) is 5.80. The zero-order valence-corrected chi connectivity index (χ0v) is 16.2. The maximum atomic E-state index is 6.03. The first kappa shape index (κ1) is 18.2. The van der Waals surface area contributed by atoms with Crippen molar-refractivity contribution in [3.8, 4) is 5.69 Å². The van der Waals surface area contributed by atoms with Crippen molar-refractivity contribution in [2.75, 3.05) is 5.75 Å². The van der Waals surface area contributed by atoms with E-state index in [4.69, 9.17) is 11.6 Å². The van der Waals surface area contributed by atoms with Gasteiger partial charge in [0.25, 0.3) is 0 Å². The SMILES string of the molecule is CCCCSc1nnc(CSc2ncccn2)n1-c1ccc(Cl)cc1. The molecule has 0 saturated heterocycles. The summed E-state index contributed by atoms with van der Waals surface area (Å²) in [5.41, 5.74) is 1.01. The molecule has 0 spiro atoms. The molecule has 2 aromatic heterocycles. The van der Waals surface area contributed by atoms with Crippen molar-refractivity contribution in [3.63, 3.8) is 0 Å². The van der Waals surface area contributed by atoms with Crippen molar-refractivity contribution in [2.24, 2.45) is 0 Å². The molecule has 1 aromatic carbocycles. The van der Waals surface area contributed by atoms with Gasteiger partial charge in [-0.2, -0.15) is 0 Å². The third kappa shape index (κ3) is 4.96. The van der Waals surface area contributed by atoms with Crippen LogP contribution in [-0.4, -0.2) is 30.5 Å². The number of nitrogens with zero attached hydrogens (tertiary/aromatic N) is 5. The van der Waals surface area contributed by atoms with Gasteiger partial charge in [-0.1, -0.05) is 48.5 Å². The van der Waals surface area contributed by atoms with Gasteiger partial charge >= 0.3 is 0 Å². The van der Waals surface area contributed by atoms with Crippen LogP contribution in [0.15, 0.2) is 53.0 Å². The maximum Gasteiger partial charge on any atom is 0.195 e. The Labute approximate surface area is 160 Å². The molecule has 0 aliphatic rings. The van der Waals surface area contributed by atoms with Gasteiger partial charge in [0.05, 0.1) is 5.75 Å². The summed E-state index contributed by atoms with van der Waals surface area (Å²) in [6, 6.07) is 9.55. The third-order valence-corrected chi connectivity index (χ3v) is 5.53. The molecule has 0 fully saturated rings. The normalized spacial score (nSPS) is 11.0. The number of benzene rings is 1. The van der Waals surface area contributed by atoms with E-state index in [1.807, 2.05) is 30.3 Å². The average molecular weight is 392 g/mol. The van der Waals surface area contributed by atoms with E-state index < -0.39 is 0 Å². The first-order valence-electron chi connectivity index (χ1n) is 8.00. The fourth-order valence-electron chi connectivity index (χ4n) is 2.13. The van der Waals surface area contributed by atoms with E-state index in [2.05, 4.69) is 31.7 Å². The zero-order chi connectivity index (χ0) is 17.5. The summed E-state index contributed by atoms with van der Waals surface area (Å²) in [7, 11) is 0. The Hall–Kier alpha value is -1.57. The van der Waals surface area contributed by atoms with E-state index in [0.717, 1.165) is 40.4 Å². The lowest BCUT2D eigenvalue weighted by atomic mass is 10.3. The van der Waals surface area contributed by atoms with Crippen molar-refractivity contribution in [2.45, 2.75) is 35.8 Å². The average Bonchev–Trinajstić information content (AvgIpc) is 3.05. The van der Waals surface area contributed by atoms with Crippen LogP contribution in [0, 0.1) is 0 Å². The van der Waals surface area contributed by atoms with Gasteiger partial charge < -0.3 is 0 Å². The molecule has 0 aliphatic carbocycles. The Morgan fingerprint density at radius 1 is 1.04 bits per heavy atom. The van der Waals surface area contributed by atoms with E-state index in [-0.39, 0.29) is 0 Å². The van der Waals surface area contributed by atoms with Crippen LogP contribution < -0.4 is 0 Å². The quantitative estimate of drug-likeness (QED) is 0.309. The van der Waals surface area contributed by atoms with Gasteiger partial charge in [0.2, 0.25) is 0 Å². The molecule has 25 heavy (non-hydrogen) atoms. The lowest BCUT2D eigenvalue weighted by Gasteiger charge is -2.10. The van der Waals surface area contributed by atoms with E-state index in [0.29, 0.717) is 10.8 Å². The van der Waals surface area contributed by atoms with Crippen molar-refractivity contribution in [1.82, 2.24) is 24.7 Å². The summed E-state index contributed by atoms with van der Waals surface area (Å²) in [5.74, 6) is 2.55. The van der Waals surface area contributed by atoms with Gasteiger partial charge in [-0.15, -0.1) is 10.2 Å². The van der Waals surface area contributed by atoms with Crippen LogP contribution in [-0.2, 0) is 5.75 Å². The largest absolute Gasteiger partial charge is 0.273 e. The zero-order valence-electron chi connectivity index (χ0n) is 13.8. The lowest BCUT2D eigenvalue weighted by molar-refractivity contribution is 0.851. The molecule has 3 rings (SSSR count). The van der Waals surface area contributed by atoms with Crippen LogP contribution in [0.5, 0.6) is 0 Å². The molecule has 8 heteroatoms. The Morgan fingerprint density at radius 3 is 2.52 bits per heavy atom. The predicted octanol–water partition coefficient (Wildman–Crippen LogP) is 4.90. The summed E-state index contributed by atoms with van der Waals surface area (Å²) in [6.45, 7) is 2.19. The minimum Gasteiger partial charge on any atom is -0.273 e. The van der Waals surface area contributed by atoms with Crippen LogP contribution in [0.3, 0.4) is 0 Å². The monoisotopic (exact) mass is 391 g/mol. The highest BCUT2D eigenvalue weighted by Gasteiger charge is 2.15. The summed E-state index contributed by atoms with van der Waals surface area (Å²) in [5, 5.41) is 11.1. The number of hydrogen-bond acceptors (Lipinski definition) is 6. The molecule has 0 unspecified atom stereocenters. The summed E-state index contributed by atoms with van der Waals surface area (Å²) in [4.78, 5) is 8.49. The topological polar surface area (TPSA) is 56.5 Å². The van der Waals surface area contributed by atoms with Crippen LogP contribution in [0.25, 0.3) is 5.69 Å². The van der Waals surface area contributed by atoms with Crippen LogP contribution in [0.4, 0.5) is 0 Å². The Kier molecular flexibility index (Phi) is 6.72. The van der Waals surface area contributed by atoms with Crippen molar-refractivity contribution in [1.29, 1.82) is 0 Å². The molecule has 0 aliphatic heterocycles. The minimum atomic E-state index is 0.647. The van der Waals surface area contributed by atoms with Gasteiger partial charge in [0.15, 0.2) is 10.3 Å². The summed E-state index contributed by atoms with van der Waals surface area (Å²) < 4.78 is 2.09. The Morgan fingerprint density at radius 2 is 1.80 bits per heavy atom. The minimum absolute atomic E-state index is 0.647. The maximum absolute atomic E-state index is 6.03. The van der Waals surface area contributed by atoms with Gasteiger partial charge in [-0.05, 0) is 36.8 Å². The van der Waals surface area contributed by atoms with Crippen LogP contribution in [0.1, 0.15) is 25.6 Å². The van der Waals surface area contributed by atoms with Gasteiger partial charge in [-0.25, -0.2) is 9.97 Å². The molecule has 0 N–H and O–H groups in total. The number of hydrogen-bond donors (Lipinski definition) is 0. The van der Waals surface area contributed by atoms with E-state index in [1.165, 1.54) is 0 Å². The van der Waals surface area contributed by atoms with Crippen molar-refractivity contribution < 1.29 is 0 Å². The number of aromatic nitrogens is 5. The molecular formula is C17H18ClN5S2. The highest BCUT2D eigenvalue weighted by molar-refractivity contribution is 7.99. The number of unbranched alkanes of at least 4 members (excludes halogenated alkanes) is 1. The second-order valence-corrected chi connectivity index (χ2v) is 7.67. The number of halogens is 1. The van der Waals surface area contributed by atoms with Gasteiger partial charge in [0.1, 0.15) is 5.82 Å². The Balaban J connectivity index is 1.84. The van der Waals surface area contributed by atoms with E-state index in [9.17, 15) is 0 Å². The predicted molar refractivity (Wildman–Crippen MR) is 104 cm³/mol. The van der Waals surface area contributed by atoms with Gasteiger partial charge in [0, 0.05) is 28.9 Å². The smallest absolute Gasteiger partial charge is 0.195 e. The van der Waals surface area contributed by atoms with E-state index in [1.54, 1.807) is 35.9 Å². The molecule has 0 amide bonds. The molecule has 130 valence electrons. The highest BCUT2D eigenvalue weighted by atomic mass is 35.5.